The minimum absolute atomic E-state index is 0.183. The molecule has 0 heterocycles. The molecule has 0 saturated carbocycles. The number of esters is 1. The molecule has 0 radical (unpaired) electrons. The molecule has 23 heavy (non-hydrogen) atoms. The topological polar surface area (TPSA) is 55.8 Å². The van der Waals surface area contributed by atoms with Gasteiger partial charge in [-0.3, -0.25) is 0 Å². The maximum Gasteiger partial charge on any atom is 0.333 e. The first-order valence-electron chi connectivity index (χ1n) is 8.31. The van der Waals surface area contributed by atoms with E-state index in [9.17, 15) is 9.90 Å². The molecule has 1 atom stereocenters. The number of aromatic hydroxyl groups is 1. The summed E-state index contributed by atoms with van der Waals surface area (Å²) < 4.78 is 11.0. The molecule has 0 fully saturated rings. The molecule has 0 spiro atoms. The highest BCUT2D eigenvalue weighted by Crippen LogP contribution is 2.21. The van der Waals surface area contributed by atoms with Crippen LogP contribution in [0.3, 0.4) is 0 Å². The molecular weight excluding hydrogens is 292 g/mol. The highest BCUT2D eigenvalue weighted by atomic mass is 16.5. The third-order valence-electron chi connectivity index (χ3n) is 3.50. The second-order valence-corrected chi connectivity index (χ2v) is 5.79. The van der Waals surface area contributed by atoms with Gasteiger partial charge in [-0.25, -0.2) is 4.79 Å². The van der Waals surface area contributed by atoms with E-state index in [1.165, 1.54) is 0 Å². The lowest BCUT2D eigenvalue weighted by Crippen LogP contribution is -2.16. The van der Waals surface area contributed by atoms with Crippen molar-refractivity contribution >= 4 is 5.97 Å². The molecule has 1 aromatic carbocycles. The van der Waals surface area contributed by atoms with Gasteiger partial charge in [0.15, 0.2) is 0 Å². The Morgan fingerprint density at radius 3 is 2.48 bits per heavy atom. The van der Waals surface area contributed by atoms with Crippen LogP contribution in [0, 0.1) is 0 Å². The Morgan fingerprint density at radius 2 is 1.87 bits per heavy atom. The van der Waals surface area contributed by atoms with Crippen LogP contribution in [0.4, 0.5) is 0 Å². The second kappa shape index (κ2) is 10.7. The summed E-state index contributed by atoms with van der Waals surface area (Å²) in [5, 5.41) is 9.29. The molecule has 0 aliphatic carbocycles. The smallest absolute Gasteiger partial charge is 0.333 e. The molecule has 0 aliphatic rings. The first kappa shape index (κ1) is 19.1. The molecule has 1 aromatic rings. The highest BCUT2D eigenvalue weighted by molar-refractivity contribution is 5.86. The zero-order valence-electron chi connectivity index (χ0n) is 14.2. The largest absolute Gasteiger partial charge is 0.508 e. The van der Waals surface area contributed by atoms with Gasteiger partial charge in [-0.2, -0.15) is 0 Å². The number of benzene rings is 1. The first-order valence-corrected chi connectivity index (χ1v) is 8.31. The van der Waals surface area contributed by atoms with E-state index in [1.54, 1.807) is 31.2 Å². The number of rotatable bonds is 11. The van der Waals surface area contributed by atoms with E-state index < -0.39 is 0 Å². The quantitative estimate of drug-likeness (QED) is 0.367. The van der Waals surface area contributed by atoms with Crippen molar-refractivity contribution in [1.82, 2.24) is 0 Å². The molecular formula is C19H28O4. The van der Waals surface area contributed by atoms with Crippen LogP contribution in [0.25, 0.3) is 0 Å². The SMILES string of the molecule is C=C(C)C(=O)OCCCCCC(CCC)Oc1ccc(O)cc1. The fourth-order valence-electron chi connectivity index (χ4n) is 2.24. The average molecular weight is 320 g/mol. The summed E-state index contributed by atoms with van der Waals surface area (Å²) in [6.45, 7) is 7.79. The number of phenolic OH excluding ortho intramolecular Hbond substituents is 1. The van der Waals surface area contributed by atoms with Gasteiger partial charge in [-0.05, 0) is 63.3 Å². The minimum Gasteiger partial charge on any atom is -0.508 e. The summed E-state index contributed by atoms with van der Waals surface area (Å²) in [5.41, 5.74) is 0.440. The van der Waals surface area contributed by atoms with Crippen LogP contribution in [0.2, 0.25) is 0 Å². The van der Waals surface area contributed by atoms with Crippen LogP contribution in [-0.4, -0.2) is 23.8 Å². The summed E-state index contributed by atoms with van der Waals surface area (Å²) in [5.74, 6) is 0.717. The van der Waals surface area contributed by atoms with Crippen LogP contribution in [0.1, 0.15) is 52.4 Å². The number of hydrogen-bond acceptors (Lipinski definition) is 4. The Hall–Kier alpha value is -1.97. The molecule has 0 amide bonds. The van der Waals surface area contributed by atoms with Crippen molar-refractivity contribution in [1.29, 1.82) is 0 Å². The van der Waals surface area contributed by atoms with Gasteiger partial charge in [0.1, 0.15) is 11.5 Å². The maximum atomic E-state index is 11.2. The fourth-order valence-corrected chi connectivity index (χ4v) is 2.24. The van der Waals surface area contributed by atoms with Gasteiger partial charge in [0.2, 0.25) is 0 Å². The lowest BCUT2D eigenvalue weighted by atomic mass is 10.1. The van der Waals surface area contributed by atoms with Crippen molar-refractivity contribution in [2.75, 3.05) is 6.61 Å². The van der Waals surface area contributed by atoms with Gasteiger partial charge in [-0.15, -0.1) is 0 Å². The summed E-state index contributed by atoms with van der Waals surface area (Å²) in [6.07, 6.45) is 6.13. The Labute approximate surface area is 139 Å². The summed E-state index contributed by atoms with van der Waals surface area (Å²) in [4.78, 5) is 11.2. The number of carbonyl (C=O) groups is 1. The number of ether oxygens (including phenoxy) is 2. The lowest BCUT2D eigenvalue weighted by molar-refractivity contribution is -0.139. The normalized spacial score (nSPS) is 11.7. The van der Waals surface area contributed by atoms with Crippen molar-refractivity contribution in [3.63, 3.8) is 0 Å². The molecule has 0 saturated heterocycles. The van der Waals surface area contributed by atoms with Crippen molar-refractivity contribution in [2.24, 2.45) is 0 Å². The Kier molecular flexibility index (Phi) is 8.88. The Balaban J connectivity index is 2.24. The maximum absolute atomic E-state index is 11.2. The van der Waals surface area contributed by atoms with E-state index in [-0.39, 0.29) is 17.8 Å². The zero-order valence-corrected chi connectivity index (χ0v) is 14.2. The van der Waals surface area contributed by atoms with Gasteiger partial charge >= 0.3 is 5.97 Å². The predicted molar refractivity (Wildman–Crippen MR) is 91.7 cm³/mol. The molecule has 0 bridgehead atoms. The van der Waals surface area contributed by atoms with Crippen molar-refractivity contribution in [3.8, 4) is 11.5 Å². The molecule has 1 rings (SSSR count). The minimum atomic E-state index is -0.315. The molecule has 4 heteroatoms. The highest BCUT2D eigenvalue weighted by Gasteiger charge is 2.10. The van der Waals surface area contributed by atoms with E-state index in [0.717, 1.165) is 44.3 Å². The van der Waals surface area contributed by atoms with E-state index in [4.69, 9.17) is 9.47 Å². The van der Waals surface area contributed by atoms with Crippen LogP contribution in [-0.2, 0) is 9.53 Å². The summed E-state index contributed by atoms with van der Waals surface area (Å²) in [6, 6.07) is 6.84. The fraction of sp³-hybridized carbons (Fsp3) is 0.526. The number of unbranched alkanes of at least 4 members (excludes halogenated alkanes) is 2. The molecule has 0 aliphatic heterocycles. The van der Waals surface area contributed by atoms with Gasteiger partial charge < -0.3 is 14.6 Å². The first-order chi connectivity index (χ1) is 11.0. The van der Waals surface area contributed by atoms with E-state index in [1.807, 2.05) is 0 Å². The summed E-state index contributed by atoms with van der Waals surface area (Å²) >= 11 is 0. The van der Waals surface area contributed by atoms with Crippen LogP contribution >= 0.6 is 0 Å². The van der Waals surface area contributed by atoms with Gasteiger partial charge in [0.25, 0.3) is 0 Å². The Morgan fingerprint density at radius 1 is 1.17 bits per heavy atom. The van der Waals surface area contributed by atoms with Gasteiger partial charge in [0, 0.05) is 5.57 Å². The third kappa shape index (κ3) is 8.29. The average Bonchev–Trinajstić information content (AvgIpc) is 2.52. The summed E-state index contributed by atoms with van der Waals surface area (Å²) in [7, 11) is 0. The monoisotopic (exact) mass is 320 g/mol. The molecule has 128 valence electrons. The van der Waals surface area contributed by atoms with E-state index in [2.05, 4.69) is 13.5 Å². The van der Waals surface area contributed by atoms with Crippen molar-refractivity contribution in [2.45, 2.75) is 58.5 Å². The molecule has 1 unspecified atom stereocenters. The Bertz CT molecular complexity index is 479. The lowest BCUT2D eigenvalue weighted by Gasteiger charge is -2.18. The number of carbonyl (C=O) groups excluding carboxylic acids is 1. The zero-order chi connectivity index (χ0) is 17.1. The predicted octanol–water partition coefficient (Wildman–Crippen LogP) is 4.62. The third-order valence-corrected chi connectivity index (χ3v) is 3.50. The standard InChI is InChI=1S/C19H28O4/c1-4-8-17(23-18-12-10-16(20)11-13-18)9-6-5-7-14-22-19(21)15(2)3/h10-13,17,20H,2,4-9,14H2,1,3H3. The number of hydrogen-bond donors (Lipinski definition) is 1. The number of phenols is 1. The van der Waals surface area contributed by atoms with Crippen LogP contribution in [0.5, 0.6) is 11.5 Å². The molecule has 0 aromatic heterocycles. The van der Waals surface area contributed by atoms with E-state index >= 15 is 0 Å². The molecule has 4 nitrogen and oxygen atoms in total. The van der Waals surface area contributed by atoms with Crippen molar-refractivity contribution in [3.05, 3.63) is 36.4 Å². The van der Waals surface area contributed by atoms with Gasteiger partial charge in [0.05, 0.1) is 12.7 Å². The molecule has 1 N–H and O–H groups in total. The van der Waals surface area contributed by atoms with Crippen molar-refractivity contribution < 1.29 is 19.4 Å². The second-order valence-electron chi connectivity index (χ2n) is 5.79. The van der Waals surface area contributed by atoms with E-state index in [0.29, 0.717) is 12.2 Å². The van der Waals surface area contributed by atoms with Crippen LogP contribution in [0.15, 0.2) is 36.4 Å². The van der Waals surface area contributed by atoms with Gasteiger partial charge in [-0.1, -0.05) is 19.9 Å². The van der Waals surface area contributed by atoms with Crippen LogP contribution < -0.4 is 4.74 Å².